The lowest BCUT2D eigenvalue weighted by Crippen LogP contribution is -2.33. The highest BCUT2D eigenvalue weighted by Gasteiger charge is 2.32. The summed E-state index contributed by atoms with van der Waals surface area (Å²) in [4.78, 5) is 0. The van der Waals surface area contributed by atoms with Gasteiger partial charge in [-0.3, -0.25) is 0 Å². The molecule has 0 amide bonds. The van der Waals surface area contributed by atoms with Crippen LogP contribution in [0.1, 0.15) is 11.1 Å². The highest BCUT2D eigenvalue weighted by Crippen LogP contribution is 2.36. The van der Waals surface area contributed by atoms with Crippen LogP contribution < -0.4 is 0 Å². The minimum atomic E-state index is -0.420. The third kappa shape index (κ3) is 3.36. The quantitative estimate of drug-likeness (QED) is 0.601. The Morgan fingerprint density at radius 1 is 1.00 bits per heavy atom. The first-order valence-corrected chi connectivity index (χ1v) is 8.09. The molecule has 0 aromatic heterocycles. The summed E-state index contributed by atoms with van der Waals surface area (Å²) < 4.78 is 14.3. The van der Waals surface area contributed by atoms with E-state index in [0.717, 1.165) is 15.6 Å². The molecule has 2 rings (SSSR count). The van der Waals surface area contributed by atoms with Crippen LogP contribution in [0.3, 0.4) is 0 Å². The highest BCUT2D eigenvalue weighted by atomic mass is 79.9. The van der Waals surface area contributed by atoms with Gasteiger partial charge >= 0.3 is 0 Å². The van der Waals surface area contributed by atoms with Crippen LogP contribution in [0.25, 0.3) is 0 Å². The second-order valence-electron chi connectivity index (χ2n) is 4.83. The van der Waals surface area contributed by atoms with Crippen molar-refractivity contribution in [1.82, 2.24) is 0 Å². The first kappa shape index (κ1) is 15.8. The van der Waals surface area contributed by atoms with E-state index < -0.39 is 5.41 Å². The van der Waals surface area contributed by atoms with Crippen molar-refractivity contribution in [3.8, 4) is 0 Å². The second-order valence-corrected chi connectivity index (χ2v) is 6.22. The summed E-state index contributed by atoms with van der Waals surface area (Å²) in [6.07, 6.45) is 0.598. The summed E-state index contributed by atoms with van der Waals surface area (Å²) in [5, 5.41) is 0. The van der Waals surface area contributed by atoms with Crippen LogP contribution in [0.4, 0.5) is 4.39 Å². The molecule has 0 N–H and O–H groups in total. The highest BCUT2D eigenvalue weighted by molar-refractivity contribution is 9.10. The Hall–Kier alpha value is -0.570. The summed E-state index contributed by atoms with van der Waals surface area (Å²) in [6.45, 7) is 0. The Kier molecular flexibility index (Phi) is 5.48. The Balaban J connectivity index is 2.42. The molecule has 4 heteroatoms. The van der Waals surface area contributed by atoms with Crippen LogP contribution in [-0.4, -0.2) is 11.8 Å². The van der Waals surface area contributed by atoms with Crippen molar-refractivity contribution in [3.63, 3.8) is 0 Å². The van der Waals surface area contributed by atoms with Gasteiger partial charge in [0.25, 0.3) is 0 Å². The smallest absolute Gasteiger partial charge is 0.123 e. The van der Waals surface area contributed by atoms with E-state index in [1.165, 1.54) is 12.1 Å². The average Bonchev–Trinajstić information content (AvgIpc) is 2.46. The molecule has 0 radical (unpaired) electrons. The third-order valence-corrected chi connectivity index (χ3v) is 5.10. The molecule has 0 unspecified atom stereocenters. The van der Waals surface area contributed by atoms with Crippen LogP contribution in [-0.2, 0) is 11.8 Å². The van der Waals surface area contributed by atoms with Crippen molar-refractivity contribution in [2.45, 2.75) is 11.8 Å². The molecule has 2 aromatic carbocycles. The lowest BCUT2D eigenvalue weighted by atomic mass is 9.79. The molecule has 0 saturated carbocycles. The van der Waals surface area contributed by atoms with Crippen LogP contribution >= 0.6 is 39.1 Å². The fourth-order valence-corrected chi connectivity index (χ4v) is 3.77. The van der Waals surface area contributed by atoms with Gasteiger partial charge in [0.1, 0.15) is 5.82 Å². The molecular formula is C16H14BrCl2F. The Morgan fingerprint density at radius 3 is 2.30 bits per heavy atom. The third-order valence-electron chi connectivity index (χ3n) is 3.39. The van der Waals surface area contributed by atoms with Gasteiger partial charge in [0.05, 0.1) is 0 Å². The lowest BCUT2D eigenvalue weighted by molar-refractivity contribution is 0.530. The van der Waals surface area contributed by atoms with Gasteiger partial charge in [-0.25, -0.2) is 4.39 Å². The number of hydrogen-bond donors (Lipinski definition) is 0. The number of benzene rings is 2. The Labute approximate surface area is 137 Å². The fourth-order valence-electron chi connectivity index (χ4n) is 2.30. The first-order valence-electron chi connectivity index (χ1n) is 6.23. The number of rotatable bonds is 5. The molecule has 0 fully saturated rings. The molecule has 0 aliphatic heterocycles. The molecular weight excluding hydrogens is 362 g/mol. The predicted molar refractivity (Wildman–Crippen MR) is 87.4 cm³/mol. The monoisotopic (exact) mass is 374 g/mol. The molecule has 0 heterocycles. The Bertz CT molecular complexity index is 582. The molecule has 0 saturated heterocycles. The van der Waals surface area contributed by atoms with Crippen molar-refractivity contribution in [2.75, 3.05) is 11.8 Å². The number of alkyl halides is 2. The van der Waals surface area contributed by atoms with Gasteiger partial charge in [-0.1, -0.05) is 46.3 Å². The first-order chi connectivity index (χ1) is 9.61. The van der Waals surface area contributed by atoms with Gasteiger partial charge in [-0.2, -0.15) is 0 Å². The van der Waals surface area contributed by atoms with Gasteiger partial charge in [-0.15, -0.1) is 23.2 Å². The average molecular weight is 376 g/mol. The summed E-state index contributed by atoms with van der Waals surface area (Å²) in [5.41, 5.74) is 1.52. The summed E-state index contributed by atoms with van der Waals surface area (Å²) in [5.74, 6) is 0.498. The molecule has 0 aliphatic rings. The van der Waals surface area contributed by atoms with Gasteiger partial charge in [0, 0.05) is 21.6 Å². The number of halogens is 4. The zero-order chi connectivity index (χ0) is 14.6. The van der Waals surface area contributed by atoms with Gasteiger partial charge in [0.15, 0.2) is 0 Å². The summed E-state index contributed by atoms with van der Waals surface area (Å²) in [6, 6.07) is 14.5. The molecule has 20 heavy (non-hydrogen) atoms. The summed E-state index contributed by atoms with van der Waals surface area (Å²) in [7, 11) is 0. The van der Waals surface area contributed by atoms with Crippen LogP contribution in [0.2, 0.25) is 0 Å². The molecule has 0 atom stereocenters. The van der Waals surface area contributed by atoms with Crippen LogP contribution in [0.15, 0.2) is 53.0 Å². The van der Waals surface area contributed by atoms with Crippen molar-refractivity contribution >= 4 is 39.1 Å². The minimum absolute atomic E-state index is 0.243. The molecule has 2 aromatic rings. The standard InChI is InChI=1S/C16H14BrCl2F/c17-15-7-2-1-6-14(15)16(10-18,11-19)9-12-4-3-5-13(20)8-12/h1-8H,9-11H2. The minimum Gasteiger partial charge on any atom is -0.207 e. The van der Waals surface area contributed by atoms with E-state index in [-0.39, 0.29) is 5.82 Å². The van der Waals surface area contributed by atoms with Crippen molar-refractivity contribution in [3.05, 3.63) is 69.9 Å². The van der Waals surface area contributed by atoms with Crippen molar-refractivity contribution in [2.24, 2.45) is 0 Å². The van der Waals surface area contributed by atoms with E-state index in [4.69, 9.17) is 23.2 Å². The van der Waals surface area contributed by atoms with E-state index in [1.54, 1.807) is 6.07 Å². The van der Waals surface area contributed by atoms with E-state index in [1.807, 2.05) is 30.3 Å². The lowest BCUT2D eigenvalue weighted by Gasteiger charge is -2.31. The molecule has 0 aliphatic carbocycles. The van der Waals surface area contributed by atoms with Gasteiger partial charge < -0.3 is 0 Å². The largest absolute Gasteiger partial charge is 0.207 e. The van der Waals surface area contributed by atoms with Gasteiger partial charge in [-0.05, 0) is 35.7 Å². The topological polar surface area (TPSA) is 0 Å². The molecule has 106 valence electrons. The second kappa shape index (κ2) is 6.93. The maximum absolute atomic E-state index is 13.4. The summed E-state index contributed by atoms with van der Waals surface area (Å²) >= 11 is 16.0. The van der Waals surface area contributed by atoms with Crippen molar-refractivity contribution < 1.29 is 4.39 Å². The van der Waals surface area contributed by atoms with E-state index in [9.17, 15) is 4.39 Å². The molecule has 0 bridgehead atoms. The maximum Gasteiger partial charge on any atom is 0.123 e. The van der Waals surface area contributed by atoms with E-state index in [0.29, 0.717) is 18.2 Å². The number of hydrogen-bond acceptors (Lipinski definition) is 0. The van der Waals surface area contributed by atoms with E-state index in [2.05, 4.69) is 15.9 Å². The van der Waals surface area contributed by atoms with Crippen LogP contribution in [0.5, 0.6) is 0 Å². The van der Waals surface area contributed by atoms with Crippen LogP contribution in [0, 0.1) is 5.82 Å². The predicted octanol–water partition coefficient (Wildman–Crippen LogP) is 5.55. The van der Waals surface area contributed by atoms with Crippen molar-refractivity contribution in [1.29, 1.82) is 0 Å². The maximum atomic E-state index is 13.4. The zero-order valence-corrected chi connectivity index (χ0v) is 13.8. The normalized spacial score (nSPS) is 11.6. The van der Waals surface area contributed by atoms with E-state index >= 15 is 0 Å². The molecule has 0 nitrogen and oxygen atoms in total. The van der Waals surface area contributed by atoms with Gasteiger partial charge in [0.2, 0.25) is 0 Å². The Morgan fingerprint density at radius 2 is 1.70 bits per heavy atom. The SMILES string of the molecule is Fc1cccc(CC(CCl)(CCl)c2ccccc2Br)c1. The molecule has 0 spiro atoms. The fraction of sp³-hybridized carbons (Fsp3) is 0.250. The zero-order valence-electron chi connectivity index (χ0n) is 10.8.